The Morgan fingerprint density at radius 1 is 1.64 bits per heavy atom. The molecule has 1 rings (SSSR count). The Kier molecular flexibility index (Phi) is 3.85. The molecule has 0 aromatic carbocycles. The van der Waals surface area contributed by atoms with Crippen LogP contribution in [0.15, 0.2) is 18.2 Å². The molecule has 1 aromatic rings. The van der Waals surface area contributed by atoms with Gasteiger partial charge in [-0.2, -0.15) is 0 Å². The van der Waals surface area contributed by atoms with Gasteiger partial charge in [-0.15, -0.1) is 11.3 Å². The van der Waals surface area contributed by atoms with Gasteiger partial charge in [0, 0.05) is 9.75 Å². The first-order valence-electron chi connectivity index (χ1n) is 4.14. The van der Waals surface area contributed by atoms with E-state index in [0.717, 1.165) is 4.88 Å². The van der Waals surface area contributed by atoms with Crippen LogP contribution in [-0.4, -0.2) is 24.3 Å². The van der Waals surface area contributed by atoms with Gasteiger partial charge in [0.1, 0.15) is 0 Å². The van der Waals surface area contributed by atoms with Crippen LogP contribution in [0.3, 0.4) is 0 Å². The topological polar surface area (TPSA) is 46.5 Å². The number of aryl methyl sites for hydroxylation is 1. The van der Waals surface area contributed by atoms with Crippen molar-refractivity contribution in [2.24, 2.45) is 0 Å². The largest absolute Gasteiger partial charge is 0.467 e. The molecule has 1 aromatic heterocycles. The van der Waals surface area contributed by atoms with E-state index in [2.05, 4.69) is 4.74 Å². The molecule has 1 atom stereocenters. The summed E-state index contributed by atoms with van der Waals surface area (Å²) in [5.41, 5.74) is 0. The predicted octanol–water partition coefficient (Wildman–Crippen LogP) is 1.60. The molecule has 0 aliphatic carbocycles. The number of hydrogen-bond donors (Lipinski definition) is 1. The lowest BCUT2D eigenvalue weighted by Gasteiger charge is -2.00. The quantitative estimate of drug-likeness (QED) is 0.774. The van der Waals surface area contributed by atoms with Crippen LogP contribution < -0.4 is 0 Å². The molecule has 3 nitrogen and oxygen atoms in total. The highest BCUT2D eigenvalue weighted by molar-refractivity contribution is 7.12. The molecule has 0 radical (unpaired) electrons. The average Bonchev–Trinajstić information content (AvgIpc) is 2.59. The molecular weight excluding hydrogens is 200 g/mol. The van der Waals surface area contributed by atoms with Crippen LogP contribution in [0.1, 0.15) is 9.75 Å². The van der Waals surface area contributed by atoms with Gasteiger partial charge in [-0.25, -0.2) is 4.79 Å². The van der Waals surface area contributed by atoms with E-state index in [-0.39, 0.29) is 0 Å². The number of hydrogen-bond acceptors (Lipinski definition) is 4. The van der Waals surface area contributed by atoms with Crippen LogP contribution in [0.4, 0.5) is 0 Å². The minimum absolute atomic E-state index is 0.644. The van der Waals surface area contributed by atoms with Gasteiger partial charge in [0.25, 0.3) is 0 Å². The number of rotatable bonds is 3. The Hall–Kier alpha value is -1.13. The Labute approximate surface area is 86.6 Å². The number of carbonyl (C=O) groups excluding carboxylic acids is 1. The zero-order valence-corrected chi connectivity index (χ0v) is 8.88. The van der Waals surface area contributed by atoms with Gasteiger partial charge >= 0.3 is 5.97 Å². The van der Waals surface area contributed by atoms with Gasteiger partial charge < -0.3 is 9.84 Å². The monoisotopic (exact) mass is 212 g/mol. The van der Waals surface area contributed by atoms with Crippen LogP contribution in [0.2, 0.25) is 0 Å². The predicted molar refractivity (Wildman–Crippen MR) is 56.1 cm³/mol. The fraction of sp³-hybridized carbons (Fsp3) is 0.300. The summed E-state index contributed by atoms with van der Waals surface area (Å²) in [5.74, 6) is -0.644. The Balaban J connectivity index is 2.59. The average molecular weight is 212 g/mol. The van der Waals surface area contributed by atoms with E-state index in [4.69, 9.17) is 0 Å². The van der Waals surface area contributed by atoms with Crippen LogP contribution in [0.25, 0.3) is 6.08 Å². The molecule has 14 heavy (non-hydrogen) atoms. The Bertz CT molecular complexity index is 341. The number of thiophene rings is 1. The Morgan fingerprint density at radius 2 is 2.36 bits per heavy atom. The lowest BCUT2D eigenvalue weighted by molar-refractivity contribution is -0.147. The van der Waals surface area contributed by atoms with Crippen molar-refractivity contribution in [2.45, 2.75) is 13.0 Å². The SMILES string of the molecule is COC(=O)C(O)/C=C/c1ccc(C)s1. The first kappa shape index (κ1) is 10.9. The van der Waals surface area contributed by atoms with Crippen molar-refractivity contribution in [3.63, 3.8) is 0 Å². The fourth-order valence-electron chi connectivity index (χ4n) is 0.928. The van der Waals surface area contributed by atoms with Crippen LogP contribution in [0.5, 0.6) is 0 Å². The molecule has 0 fully saturated rings. The number of carbonyl (C=O) groups is 1. The highest BCUT2D eigenvalue weighted by Gasteiger charge is 2.10. The smallest absolute Gasteiger partial charge is 0.338 e. The highest BCUT2D eigenvalue weighted by Crippen LogP contribution is 2.16. The summed E-state index contributed by atoms with van der Waals surface area (Å²) in [6, 6.07) is 3.91. The standard InChI is InChI=1S/C10H12O3S/c1-7-3-4-8(14-7)5-6-9(11)10(12)13-2/h3-6,9,11H,1-2H3/b6-5+. The van der Waals surface area contributed by atoms with Gasteiger partial charge in [-0.3, -0.25) is 0 Å². The van der Waals surface area contributed by atoms with Gasteiger partial charge in [0.15, 0.2) is 6.10 Å². The number of aliphatic hydroxyl groups excluding tert-OH is 1. The van der Waals surface area contributed by atoms with E-state index in [1.165, 1.54) is 18.1 Å². The minimum atomic E-state index is -1.18. The first-order chi connectivity index (χ1) is 6.63. The molecular formula is C10H12O3S. The van der Waals surface area contributed by atoms with Gasteiger partial charge in [0.2, 0.25) is 0 Å². The van der Waals surface area contributed by atoms with Crippen molar-refractivity contribution < 1.29 is 14.6 Å². The first-order valence-corrected chi connectivity index (χ1v) is 4.95. The molecule has 0 aliphatic heterocycles. The maximum Gasteiger partial charge on any atom is 0.338 e. The molecule has 0 spiro atoms. The molecule has 0 amide bonds. The summed E-state index contributed by atoms with van der Waals surface area (Å²) in [5, 5.41) is 9.23. The maximum absolute atomic E-state index is 10.8. The van der Waals surface area contributed by atoms with E-state index in [1.807, 2.05) is 19.1 Å². The summed E-state index contributed by atoms with van der Waals surface area (Å²) < 4.78 is 4.37. The third-order valence-electron chi connectivity index (χ3n) is 1.65. The maximum atomic E-state index is 10.8. The number of ether oxygens (including phenoxy) is 1. The molecule has 1 unspecified atom stereocenters. The number of aliphatic hydroxyl groups is 1. The summed E-state index contributed by atoms with van der Waals surface area (Å²) in [4.78, 5) is 13.0. The van der Waals surface area contributed by atoms with Crippen LogP contribution in [-0.2, 0) is 9.53 Å². The molecule has 0 saturated heterocycles. The zero-order valence-electron chi connectivity index (χ0n) is 8.06. The lowest BCUT2D eigenvalue weighted by atomic mass is 10.3. The van der Waals surface area contributed by atoms with Crippen LogP contribution >= 0.6 is 11.3 Å². The van der Waals surface area contributed by atoms with Gasteiger partial charge in [-0.05, 0) is 31.2 Å². The van der Waals surface area contributed by atoms with Gasteiger partial charge in [0.05, 0.1) is 7.11 Å². The van der Waals surface area contributed by atoms with E-state index in [1.54, 1.807) is 17.4 Å². The molecule has 1 heterocycles. The summed E-state index contributed by atoms with van der Waals surface area (Å²) in [6.07, 6.45) is 1.94. The molecule has 0 bridgehead atoms. The molecule has 4 heteroatoms. The van der Waals surface area contributed by atoms with E-state index < -0.39 is 12.1 Å². The summed E-state index contributed by atoms with van der Waals surface area (Å²) in [6.45, 7) is 2.00. The van der Waals surface area contributed by atoms with Crippen molar-refractivity contribution in [2.75, 3.05) is 7.11 Å². The van der Waals surface area contributed by atoms with E-state index in [9.17, 15) is 9.90 Å². The molecule has 0 saturated carbocycles. The summed E-state index contributed by atoms with van der Waals surface area (Å²) >= 11 is 1.60. The third-order valence-corrected chi connectivity index (χ3v) is 2.61. The van der Waals surface area contributed by atoms with E-state index >= 15 is 0 Å². The second-order valence-electron chi connectivity index (χ2n) is 2.78. The minimum Gasteiger partial charge on any atom is -0.467 e. The summed E-state index contributed by atoms with van der Waals surface area (Å²) in [7, 11) is 1.24. The second-order valence-corrected chi connectivity index (χ2v) is 4.10. The Morgan fingerprint density at radius 3 is 2.86 bits per heavy atom. The third kappa shape index (κ3) is 2.97. The molecule has 1 N–H and O–H groups in total. The number of esters is 1. The van der Waals surface area contributed by atoms with Crippen molar-refractivity contribution in [3.05, 3.63) is 28.0 Å². The highest BCUT2D eigenvalue weighted by atomic mass is 32.1. The normalized spacial score (nSPS) is 13.1. The van der Waals surface area contributed by atoms with Crippen molar-refractivity contribution in [1.29, 1.82) is 0 Å². The molecule has 76 valence electrons. The van der Waals surface area contributed by atoms with Crippen molar-refractivity contribution in [1.82, 2.24) is 0 Å². The molecule has 0 aliphatic rings. The number of methoxy groups -OCH3 is 1. The fourth-order valence-corrected chi connectivity index (χ4v) is 1.72. The zero-order chi connectivity index (χ0) is 10.6. The van der Waals surface area contributed by atoms with E-state index in [0.29, 0.717) is 0 Å². The van der Waals surface area contributed by atoms with Crippen molar-refractivity contribution in [3.8, 4) is 0 Å². The van der Waals surface area contributed by atoms with Crippen LogP contribution in [0, 0.1) is 6.92 Å². The second kappa shape index (κ2) is 4.93. The van der Waals surface area contributed by atoms with Gasteiger partial charge in [-0.1, -0.05) is 0 Å². The lowest BCUT2D eigenvalue weighted by Crippen LogP contribution is -2.18. The van der Waals surface area contributed by atoms with Crippen molar-refractivity contribution >= 4 is 23.4 Å².